The highest BCUT2D eigenvalue weighted by Crippen LogP contribution is 2.44. The number of methoxy groups -OCH3 is 1. The number of carbonyl (C=O) groups is 5. The molecule has 4 amide bonds. The lowest BCUT2D eigenvalue weighted by Gasteiger charge is -2.37. The van der Waals surface area contributed by atoms with Crippen molar-refractivity contribution in [2.24, 2.45) is 16.7 Å². The van der Waals surface area contributed by atoms with Crippen LogP contribution in [0.3, 0.4) is 0 Å². The molecule has 2 aromatic carbocycles. The minimum Gasteiger partial charge on any atom is -0.508 e. The largest absolute Gasteiger partial charge is 0.508 e. The Morgan fingerprint density at radius 3 is 2.54 bits per heavy atom. The van der Waals surface area contributed by atoms with Gasteiger partial charge in [-0.2, -0.15) is 0 Å². The first-order chi connectivity index (χ1) is 32.5. The minimum absolute atomic E-state index is 0.000244. The van der Waals surface area contributed by atoms with Crippen LogP contribution < -0.4 is 16.1 Å². The van der Waals surface area contributed by atoms with Gasteiger partial charge < -0.3 is 39.6 Å². The van der Waals surface area contributed by atoms with Crippen LogP contribution in [0.1, 0.15) is 90.2 Å². The van der Waals surface area contributed by atoms with Gasteiger partial charge in [0.25, 0.3) is 5.91 Å². The van der Waals surface area contributed by atoms with Gasteiger partial charge in [0.15, 0.2) is 0 Å². The van der Waals surface area contributed by atoms with Crippen molar-refractivity contribution >= 4 is 40.5 Å². The number of fused-ring (bicyclic) bond motifs is 6. The predicted molar refractivity (Wildman–Crippen MR) is 256 cm³/mol. The third-order valence-corrected chi connectivity index (χ3v) is 14.8. The molecule has 4 fully saturated rings. The number of likely N-dealkylation sites (tertiary alicyclic amines) is 2. The summed E-state index contributed by atoms with van der Waals surface area (Å²) >= 11 is 0. The number of aromatic nitrogens is 2. The molecule has 0 radical (unpaired) electrons. The minimum atomic E-state index is -1.14. The van der Waals surface area contributed by atoms with Crippen molar-refractivity contribution in [2.75, 3.05) is 46.4 Å². The quantitative estimate of drug-likeness (QED) is 0.132. The van der Waals surface area contributed by atoms with Gasteiger partial charge in [-0.05, 0) is 111 Å². The van der Waals surface area contributed by atoms with Crippen molar-refractivity contribution in [3.63, 3.8) is 0 Å². The van der Waals surface area contributed by atoms with Gasteiger partial charge in [-0.25, -0.2) is 5.43 Å². The molecule has 4 aromatic rings. The van der Waals surface area contributed by atoms with Crippen molar-refractivity contribution < 1.29 is 38.6 Å². The number of benzene rings is 2. The number of pyridine rings is 1. The monoisotopic (exact) mass is 931 g/mol. The van der Waals surface area contributed by atoms with E-state index in [0.717, 1.165) is 44.5 Å². The summed E-state index contributed by atoms with van der Waals surface area (Å²) < 4.78 is 14.2. The van der Waals surface area contributed by atoms with E-state index in [-0.39, 0.29) is 55.2 Å². The Bertz CT molecular complexity index is 2640. The number of aryl methyl sites for hydroxylation is 1. The topological polar surface area (TPSA) is 198 Å². The molecular weight excluding hydrogens is 865 g/mol. The molecule has 6 atom stereocenters. The first-order valence-corrected chi connectivity index (χ1v) is 24.4. The van der Waals surface area contributed by atoms with E-state index in [1.807, 2.05) is 39.0 Å². The number of amides is 4. The number of hydrogen-bond donors (Lipinski definition) is 4. The van der Waals surface area contributed by atoms with Gasteiger partial charge in [0.1, 0.15) is 23.9 Å². The summed E-state index contributed by atoms with van der Waals surface area (Å²) in [6.07, 6.45) is 4.08. The lowest BCUT2D eigenvalue weighted by molar-refractivity contribution is -0.155. The number of ether oxygens (including phenoxy) is 2. The Kier molecular flexibility index (Phi) is 12.9. The third kappa shape index (κ3) is 8.98. The van der Waals surface area contributed by atoms with Crippen molar-refractivity contribution in [1.29, 1.82) is 0 Å². The Hall–Kier alpha value is -5.84. The number of aromatic hydroxyl groups is 1. The van der Waals surface area contributed by atoms with Crippen molar-refractivity contribution in [1.82, 2.24) is 40.4 Å². The highest BCUT2D eigenvalue weighted by molar-refractivity contribution is 5.97. The van der Waals surface area contributed by atoms with Crippen LogP contribution >= 0.6 is 0 Å². The molecule has 2 aromatic heterocycles. The summed E-state index contributed by atoms with van der Waals surface area (Å²) in [5.41, 5.74) is 8.87. The van der Waals surface area contributed by atoms with Gasteiger partial charge in [-0.1, -0.05) is 39.8 Å². The number of carbonyl (C=O) groups excluding carboxylic acids is 5. The molecule has 1 spiro atoms. The number of nitrogens with one attached hydrogen (secondary N) is 3. The summed E-state index contributed by atoms with van der Waals surface area (Å²) in [4.78, 5) is 79.1. The SMILES string of the molecule is CCn1c(-c2cccnc2[C@H](C)OC)c2c3cc(ccc31)-c1cc(O)cc(c1)C[C@H](NC(=O)[C@H](C(C)C)N1CCC3(CCN(C(=O)[C@@H]4CN4)C3)C1=O)C(=O)N1CCC[C@H](N1)C(=O)OCC(C)(C)C2. The Labute approximate surface area is 398 Å². The first-order valence-electron chi connectivity index (χ1n) is 24.4. The summed E-state index contributed by atoms with van der Waals surface area (Å²) in [6.45, 7) is 14.9. The third-order valence-electron chi connectivity index (χ3n) is 14.8. The fourth-order valence-corrected chi connectivity index (χ4v) is 11.1. The van der Waals surface area contributed by atoms with Gasteiger partial charge >= 0.3 is 5.97 Å². The van der Waals surface area contributed by atoms with Gasteiger partial charge in [0, 0.05) is 80.9 Å². The normalized spacial score (nSPS) is 24.9. The molecule has 4 N–H and O–H groups in total. The first kappa shape index (κ1) is 47.2. The molecule has 6 bridgehead atoms. The number of hydrazine groups is 1. The molecule has 68 heavy (non-hydrogen) atoms. The maximum Gasteiger partial charge on any atom is 0.324 e. The molecule has 4 saturated heterocycles. The number of rotatable bonds is 9. The van der Waals surface area contributed by atoms with E-state index in [4.69, 9.17) is 14.5 Å². The maximum absolute atomic E-state index is 14.8. The van der Waals surface area contributed by atoms with Crippen LogP contribution in [0.4, 0.5) is 0 Å². The van der Waals surface area contributed by atoms with E-state index in [1.54, 1.807) is 35.2 Å². The van der Waals surface area contributed by atoms with Crippen LogP contribution in [0, 0.1) is 16.7 Å². The molecule has 5 aliphatic heterocycles. The fraction of sp³-hybridized carbons (Fsp3) is 0.538. The van der Waals surface area contributed by atoms with Crippen LogP contribution in [0.2, 0.25) is 0 Å². The highest BCUT2D eigenvalue weighted by atomic mass is 16.5. The number of nitrogens with zero attached hydrogens (tertiary/aromatic N) is 5. The van der Waals surface area contributed by atoms with E-state index < -0.39 is 46.7 Å². The summed E-state index contributed by atoms with van der Waals surface area (Å²) in [5.74, 6) is -1.84. The molecule has 9 rings (SSSR count). The van der Waals surface area contributed by atoms with Crippen molar-refractivity contribution in [2.45, 2.75) is 117 Å². The van der Waals surface area contributed by atoms with E-state index in [9.17, 15) is 29.1 Å². The number of phenolic OH excluding ortho intramolecular Hbond substituents is 1. The highest BCUT2D eigenvalue weighted by Gasteiger charge is 2.55. The van der Waals surface area contributed by atoms with Crippen LogP contribution in [0.15, 0.2) is 54.7 Å². The van der Waals surface area contributed by atoms with E-state index >= 15 is 0 Å². The lowest BCUT2D eigenvalue weighted by atomic mass is 9.84. The van der Waals surface area contributed by atoms with Crippen molar-refractivity contribution in [3.05, 3.63) is 71.5 Å². The zero-order chi connectivity index (χ0) is 48.2. The van der Waals surface area contributed by atoms with Gasteiger partial charge in [-0.3, -0.25) is 34.0 Å². The number of hydrogen-bond acceptors (Lipinski definition) is 11. The smallest absolute Gasteiger partial charge is 0.324 e. The zero-order valence-corrected chi connectivity index (χ0v) is 40.4. The number of cyclic esters (lactones) is 1. The van der Waals surface area contributed by atoms with Crippen LogP contribution in [-0.4, -0.2) is 130 Å². The molecule has 1 unspecified atom stereocenters. The maximum atomic E-state index is 14.8. The second kappa shape index (κ2) is 18.6. The standard InChI is InChI=1S/C52H66N8O8/c1-8-58-42-14-13-33-25-37(42)38(45(58)36-11-9-17-53-43(36)31(4)67-7)26-51(5,6)29-68-49(65)39-12-10-18-60(56-39)48(64)40(23-32-21-34(33)24-35(61)22-32)55-46(62)44(30(2)3)59-20-16-52(50(59)66)15-19-57(28-52)47(63)41-27-54-41/h9,11,13-14,17,21-22,24-25,30-31,39-41,44,54,56,61H,8,10,12,15-16,18-20,23,26-29H2,1-7H3,(H,55,62)/t31-,39-,40-,41-,44-,52?/m0/s1. The Morgan fingerprint density at radius 1 is 1.03 bits per heavy atom. The summed E-state index contributed by atoms with van der Waals surface area (Å²) in [6, 6.07) is 12.5. The molecule has 0 aliphatic carbocycles. The molecular formula is C52H66N8O8. The van der Waals surface area contributed by atoms with Crippen molar-refractivity contribution in [3.8, 4) is 28.1 Å². The Morgan fingerprint density at radius 2 is 1.81 bits per heavy atom. The summed E-state index contributed by atoms with van der Waals surface area (Å²) in [7, 11) is 1.68. The Balaban J connectivity index is 1.10. The van der Waals surface area contributed by atoms with E-state index in [2.05, 4.69) is 59.6 Å². The predicted octanol–water partition coefficient (Wildman–Crippen LogP) is 4.90. The van der Waals surface area contributed by atoms with Crippen LogP contribution in [0.25, 0.3) is 33.3 Å². The number of phenols is 1. The molecule has 16 nitrogen and oxygen atoms in total. The zero-order valence-electron chi connectivity index (χ0n) is 40.4. The molecule has 16 heteroatoms. The van der Waals surface area contributed by atoms with E-state index in [0.29, 0.717) is 70.4 Å². The molecule has 0 saturated carbocycles. The summed E-state index contributed by atoms with van der Waals surface area (Å²) in [5, 5.41) is 19.9. The second-order valence-electron chi connectivity index (χ2n) is 20.7. The average molecular weight is 931 g/mol. The molecule has 5 aliphatic rings. The fourth-order valence-electron chi connectivity index (χ4n) is 11.1. The van der Waals surface area contributed by atoms with E-state index in [1.165, 1.54) is 5.01 Å². The van der Waals surface area contributed by atoms with Gasteiger partial charge in [0.05, 0.1) is 35.6 Å². The van der Waals surface area contributed by atoms with Gasteiger partial charge in [-0.15, -0.1) is 0 Å². The molecule has 362 valence electrons. The van der Waals surface area contributed by atoms with Gasteiger partial charge in [0.2, 0.25) is 17.7 Å². The van der Waals surface area contributed by atoms with Crippen LogP contribution in [0.5, 0.6) is 5.75 Å². The molecule has 7 heterocycles. The van der Waals surface area contributed by atoms with Crippen LogP contribution in [-0.2, 0) is 52.8 Å². The lowest BCUT2D eigenvalue weighted by Crippen LogP contribution is -2.62. The average Bonchev–Trinajstić information content (AvgIpc) is 3.92. The number of esters is 1. The second-order valence-corrected chi connectivity index (χ2v) is 20.7.